The van der Waals surface area contributed by atoms with Crippen LogP contribution in [0.3, 0.4) is 0 Å². The van der Waals surface area contributed by atoms with Crippen LogP contribution in [0.1, 0.15) is 22.5 Å². The van der Waals surface area contributed by atoms with E-state index in [1.807, 2.05) is 75.4 Å². The summed E-state index contributed by atoms with van der Waals surface area (Å²) in [5.74, 6) is 1.09. The van der Waals surface area contributed by atoms with Crippen molar-refractivity contribution < 1.29 is 4.79 Å². The van der Waals surface area contributed by atoms with E-state index in [4.69, 9.17) is 0 Å². The first-order valence-electron chi connectivity index (χ1n) is 9.16. The highest BCUT2D eigenvalue weighted by Gasteiger charge is 2.17. The summed E-state index contributed by atoms with van der Waals surface area (Å²) in [5.41, 5.74) is 5.39. The third-order valence-electron chi connectivity index (χ3n) is 4.83. The molecule has 28 heavy (non-hydrogen) atoms. The van der Waals surface area contributed by atoms with Gasteiger partial charge in [-0.15, -0.1) is 5.10 Å². The molecule has 6 heteroatoms. The summed E-state index contributed by atoms with van der Waals surface area (Å²) in [4.78, 5) is 21.7. The smallest absolute Gasteiger partial charge is 0.253 e. The van der Waals surface area contributed by atoms with E-state index in [0.29, 0.717) is 11.6 Å². The van der Waals surface area contributed by atoms with Crippen LogP contribution in [0.15, 0.2) is 54.6 Å². The lowest BCUT2D eigenvalue weighted by molar-refractivity contribution is -0.115. The summed E-state index contributed by atoms with van der Waals surface area (Å²) in [6.07, 6.45) is 0.231. The zero-order valence-electron chi connectivity index (χ0n) is 16.1. The number of carbonyl (C=O) groups is 1. The van der Waals surface area contributed by atoms with E-state index in [2.05, 4.69) is 20.4 Å². The molecule has 140 valence electrons. The topological polar surface area (TPSA) is 72.2 Å². The highest BCUT2D eigenvalue weighted by atomic mass is 16.1. The fourth-order valence-electron chi connectivity index (χ4n) is 3.29. The zero-order valence-corrected chi connectivity index (χ0v) is 16.1. The maximum atomic E-state index is 12.5. The van der Waals surface area contributed by atoms with Gasteiger partial charge in [-0.3, -0.25) is 4.79 Å². The summed E-state index contributed by atoms with van der Waals surface area (Å²) in [6.45, 7) is 5.88. The van der Waals surface area contributed by atoms with E-state index < -0.39 is 0 Å². The summed E-state index contributed by atoms with van der Waals surface area (Å²) >= 11 is 0. The first kappa shape index (κ1) is 17.9. The SMILES string of the molecule is Cc1ccccc1-c1nc2nc(C)c(CC(=O)Nc3ccccc3)c(C)n2n1. The maximum Gasteiger partial charge on any atom is 0.253 e. The first-order chi connectivity index (χ1) is 13.5. The van der Waals surface area contributed by atoms with E-state index in [-0.39, 0.29) is 12.3 Å². The number of nitrogens with one attached hydrogen (secondary N) is 1. The van der Waals surface area contributed by atoms with Crippen LogP contribution in [0.5, 0.6) is 0 Å². The van der Waals surface area contributed by atoms with Crippen LogP contribution < -0.4 is 5.32 Å². The van der Waals surface area contributed by atoms with Gasteiger partial charge in [0.25, 0.3) is 5.78 Å². The molecule has 0 aliphatic heterocycles. The quantitative estimate of drug-likeness (QED) is 0.591. The van der Waals surface area contributed by atoms with Crippen LogP contribution in [0.25, 0.3) is 17.2 Å². The highest BCUT2D eigenvalue weighted by molar-refractivity contribution is 5.92. The molecule has 0 saturated carbocycles. The summed E-state index contributed by atoms with van der Waals surface area (Å²) in [5, 5.41) is 7.57. The minimum absolute atomic E-state index is 0.0854. The van der Waals surface area contributed by atoms with Crippen LogP contribution in [0, 0.1) is 20.8 Å². The standard InChI is InChI=1S/C22H21N5O/c1-14-9-7-8-12-18(14)21-25-22-23-15(2)19(16(3)27(22)26-21)13-20(28)24-17-10-5-4-6-11-17/h4-12H,13H2,1-3H3,(H,24,28). The molecule has 2 heterocycles. The molecule has 0 fully saturated rings. The number of aryl methyl sites for hydroxylation is 3. The average Bonchev–Trinajstić information content (AvgIpc) is 3.10. The van der Waals surface area contributed by atoms with Crippen LogP contribution in [0.2, 0.25) is 0 Å². The van der Waals surface area contributed by atoms with Gasteiger partial charge >= 0.3 is 0 Å². The molecule has 2 aromatic heterocycles. The number of aromatic nitrogens is 4. The number of fused-ring (bicyclic) bond motifs is 1. The maximum absolute atomic E-state index is 12.5. The highest BCUT2D eigenvalue weighted by Crippen LogP contribution is 2.22. The predicted octanol–water partition coefficient (Wildman–Crippen LogP) is 3.90. The molecule has 0 aliphatic carbocycles. The predicted molar refractivity (Wildman–Crippen MR) is 109 cm³/mol. The number of hydrogen-bond acceptors (Lipinski definition) is 4. The molecule has 0 spiro atoms. The summed E-state index contributed by atoms with van der Waals surface area (Å²) in [7, 11) is 0. The zero-order chi connectivity index (χ0) is 19.7. The monoisotopic (exact) mass is 371 g/mol. The van der Waals surface area contributed by atoms with Gasteiger partial charge in [0.15, 0.2) is 5.82 Å². The van der Waals surface area contributed by atoms with Crippen molar-refractivity contribution in [1.29, 1.82) is 0 Å². The van der Waals surface area contributed by atoms with Gasteiger partial charge in [-0.2, -0.15) is 4.98 Å². The first-order valence-corrected chi connectivity index (χ1v) is 9.16. The molecule has 0 unspecified atom stereocenters. The fraction of sp³-hybridized carbons (Fsp3) is 0.182. The Morgan fingerprint density at radius 2 is 1.68 bits per heavy atom. The average molecular weight is 371 g/mol. The normalized spacial score (nSPS) is 11.0. The Hall–Kier alpha value is -3.54. The molecule has 0 saturated heterocycles. The second kappa shape index (κ2) is 7.23. The Morgan fingerprint density at radius 1 is 0.964 bits per heavy atom. The molecule has 0 atom stereocenters. The van der Waals surface area contributed by atoms with Gasteiger partial charge in [0.2, 0.25) is 5.91 Å². The number of para-hydroxylation sites is 1. The molecule has 1 N–H and O–H groups in total. The minimum atomic E-state index is -0.0854. The number of amides is 1. The lowest BCUT2D eigenvalue weighted by Crippen LogP contribution is -2.17. The molecule has 0 bridgehead atoms. The number of carbonyl (C=O) groups excluding carboxylic acids is 1. The van der Waals surface area contributed by atoms with Crippen LogP contribution >= 0.6 is 0 Å². The Kier molecular flexibility index (Phi) is 4.61. The number of anilines is 1. The third-order valence-corrected chi connectivity index (χ3v) is 4.83. The van der Waals surface area contributed by atoms with Crippen LogP contribution in [0.4, 0.5) is 5.69 Å². The summed E-state index contributed by atoms with van der Waals surface area (Å²) < 4.78 is 1.72. The molecule has 0 radical (unpaired) electrons. The van der Waals surface area contributed by atoms with E-state index in [1.54, 1.807) is 4.52 Å². The molecule has 0 aliphatic rings. The molecular formula is C22H21N5O. The van der Waals surface area contributed by atoms with Gasteiger partial charge in [0.1, 0.15) is 0 Å². The second-order valence-electron chi connectivity index (χ2n) is 6.81. The molecule has 1 amide bonds. The van der Waals surface area contributed by atoms with Gasteiger partial charge in [0.05, 0.1) is 6.42 Å². The molecule has 4 aromatic rings. The van der Waals surface area contributed by atoms with Crippen molar-refractivity contribution in [3.8, 4) is 11.4 Å². The number of hydrogen-bond donors (Lipinski definition) is 1. The minimum Gasteiger partial charge on any atom is -0.326 e. The molecule has 2 aromatic carbocycles. The largest absolute Gasteiger partial charge is 0.326 e. The van der Waals surface area contributed by atoms with Gasteiger partial charge in [0, 0.05) is 28.2 Å². The molecular weight excluding hydrogens is 350 g/mol. The molecule has 6 nitrogen and oxygen atoms in total. The third kappa shape index (κ3) is 3.36. The Bertz CT molecular complexity index is 1160. The van der Waals surface area contributed by atoms with Crippen molar-refractivity contribution in [2.24, 2.45) is 0 Å². The van der Waals surface area contributed by atoms with E-state index >= 15 is 0 Å². The van der Waals surface area contributed by atoms with Gasteiger partial charge < -0.3 is 5.32 Å². The summed E-state index contributed by atoms with van der Waals surface area (Å²) in [6, 6.07) is 17.4. The van der Waals surface area contributed by atoms with Crippen molar-refractivity contribution in [3.05, 3.63) is 77.1 Å². The second-order valence-corrected chi connectivity index (χ2v) is 6.81. The van der Waals surface area contributed by atoms with Crippen LogP contribution in [-0.2, 0) is 11.2 Å². The number of rotatable bonds is 4. The molecule has 4 rings (SSSR count). The lowest BCUT2D eigenvalue weighted by Gasteiger charge is -2.10. The van der Waals surface area contributed by atoms with Crippen molar-refractivity contribution in [1.82, 2.24) is 19.6 Å². The number of nitrogens with zero attached hydrogens (tertiary/aromatic N) is 4. The van der Waals surface area contributed by atoms with Crippen molar-refractivity contribution in [2.75, 3.05) is 5.32 Å². The Balaban J connectivity index is 1.68. The Morgan fingerprint density at radius 3 is 2.43 bits per heavy atom. The van der Waals surface area contributed by atoms with E-state index in [1.165, 1.54) is 0 Å². The Labute approximate surface area is 163 Å². The van der Waals surface area contributed by atoms with E-state index in [9.17, 15) is 4.79 Å². The number of benzene rings is 2. The van der Waals surface area contributed by atoms with Crippen LogP contribution in [-0.4, -0.2) is 25.5 Å². The van der Waals surface area contributed by atoms with Crippen molar-refractivity contribution >= 4 is 17.4 Å². The fourth-order valence-corrected chi connectivity index (χ4v) is 3.29. The van der Waals surface area contributed by atoms with Crippen molar-refractivity contribution in [2.45, 2.75) is 27.2 Å². The van der Waals surface area contributed by atoms with Gasteiger partial charge in [-0.05, 0) is 38.5 Å². The van der Waals surface area contributed by atoms with E-state index in [0.717, 1.165) is 33.8 Å². The van der Waals surface area contributed by atoms with Gasteiger partial charge in [-0.1, -0.05) is 42.5 Å². The lowest BCUT2D eigenvalue weighted by atomic mass is 10.1. The van der Waals surface area contributed by atoms with Crippen molar-refractivity contribution in [3.63, 3.8) is 0 Å². The van der Waals surface area contributed by atoms with Gasteiger partial charge in [-0.25, -0.2) is 9.50 Å².